The number of nitrogens with one attached hydrogen (secondary N) is 1. The highest BCUT2D eigenvalue weighted by molar-refractivity contribution is 5.81. The number of imidazole rings is 1. The van der Waals surface area contributed by atoms with Crippen molar-refractivity contribution in [3.63, 3.8) is 0 Å². The maximum absolute atomic E-state index is 12.3. The summed E-state index contributed by atoms with van der Waals surface area (Å²) < 4.78 is 5.50. The number of aromatic nitrogens is 5. The summed E-state index contributed by atoms with van der Waals surface area (Å²) in [4.78, 5) is 37.8. The largest absolute Gasteiger partial charge is 0.444 e. The van der Waals surface area contributed by atoms with Crippen molar-refractivity contribution in [2.45, 2.75) is 46.3 Å². The van der Waals surface area contributed by atoms with Gasteiger partial charge in [-0.2, -0.15) is 0 Å². The first-order chi connectivity index (χ1) is 17.7. The second kappa shape index (κ2) is 10.3. The third kappa shape index (κ3) is 6.29. The molecule has 0 bridgehead atoms. The van der Waals surface area contributed by atoms with Gasteiger partial charge in [0.2, 0.25) is 0 Å². The molecule has 4 heterocycles. The molecule has 1 saturated heterocycles. The van der Waals surface area contributed by atoms with Crippen molar-refractivity contribution in [2.24, 2.45) is 0 Å². The van der Waals surface area contributed by atoms with Crippen LogP contribution in [0.15, 0.2) is 48.9 Å². The molecule has 9 nitrogen and oxygen atoms in total. The van der Waals surface area contributed by atoms with E-state index in [4.69, 9.17) is 9.72 Å². The van der Waals surface area contributed by atoms with Gasteiger partial charge in [-0.25, -0.2) is 19.7 Å². The number of amides is 1. The van der Waals surface area contributed by atoms with E-state index in [0.717, 1.165) is 59.1 Å². The molecule has 1 aromatic carbocycles. The van der Waals surface area contributed by atoms with Crippen LogP contribution in [-0.4, -0.2) is 72.6 Å². The molecule has 192 valence electrons. The van der Waals surface area contributed by atoms with E-state index in [1.165, 1.54) is 5.56 Å². The Balaban J connectivity index is 1.21. The summed E-state index contributed by atoms with van der Waals surface area (Å²) in [6.45, 7) is 11.4. The van der Waals surface area contributed by atoms with Crippen LogP contribution in [0.5, 0.6) is 0 Å². The van der Waals surface area contributed by atoms with Crippen LogP contribution in [0.1, 0.15) is 43.5 Å². The zero-order valence-electron chi connectivity index (χ0n) is 21.9. The molecule has 0 radical (unpaired) electrons. The minimum absolute atomic E-state index is 0.233. The van der Waals surface area contributed by atoms with Gasteiger partial charge in [0.25, 0.3) is 0 Å². The van der Waals surface area contributed by atoms with Crippen molar-refractivity contribution >= 4 is 17.1 Å². The molecule has 0 unspecified atom stereocenters. The number of piperazine rings is 1. The molecule has 0 aliphatic carbocycles. The minimum Gasteiger partial charge on any atom is -0.444 e. The van der Waals surface area contributed by atoms with Gasteiger partial charge in [0.1, 0.15) is 17.8 Å². The van der Waals surface area contributed by atoms with Gasteiger partial charge in [-0.05, 0) is 63.6 Å². The van der Waals surface area contributed by atoms with E-state index in [1.807, 2.05) is 52.1 Å². The minimum atomic E-state index is -0.472. The lowest BCUT2D eigenvalue weighted by atomic mass is 10.1. The maximum Gasteiger partial charge on any atom is 0.410 e. The number of carbonyl (C=O) groups is 1. The van der Waals surface area contributed by atoms with E-state index in [9.17, 15) is 4.79 Å². The molecule has 0 saturated carbocycles. The van der Waals surface area contributed by atoms with Crippen molar-refractivity contribution in [1.29, 1.82) is 0 Å². The molecule has 0 spiro atoms. The standard InChI is InChI=1S/C28H33N7O2/c1-19-13-24(31-18-30-19)21-5-6-23-25(15-21)33-26(32-23)16-22-14-20(7-8-29-22)17-34-9-11-35(12-10-34)27(36)37-28(2,3)4/h5-8,13-15,18H,9-12,16-17H2,1-4H3,(H,32,33). The van der Waals surface area contributed by atoms with E-state index in [-0.39, 0.29) is 6.09 Å². The molecular formula is C28H33N7O2. The van der Waals surface area contributed by atoms with Gasteiger partial charge in [0.15, 0.2) is 0 Å². The van der Waals surface area contributed by atoms with Crippen molar-refractivity contribution in [1.82, 2.24) is 34.7 Å². The molecule has 37 heavy (non-hydrogen) atoms. The van der Waals surface area contributed by atoms with Gasteiger partial charge in [-0.1, -0.05) is 6.07 Å². The van der Waals surface area contributed by atoms with E-state index in [1.54, 1.807) is 11.2 Å². The monoisotopic (exact) mass is 499 g/mol. The lowest BCUT2D eigenvalue weighted by molar-refractivity contribution is 0.0139. The van der Waals surface area contributed by atoms with Crippen molar-refractivity contribution in [3.8, 4) is 11.3 Å². The first kappa shape index (κ1) is 24.8. The lowest BCUT2D eigenvalue weighted by Crippen LogP contribution is -2.49. The second-order valence-electron chi connectivity index (χ2n) is 10.5. The highest BCUT2D eigenvalue weighted by Crippen LogP contribution is 2.23. The number of nitrogens with zero attached hydrogens (tertiary/aromatic N) is 6. The Labute approximate surface area is 216 Å². The Hall–Kier alpha value is -3.85. The smallest absolute Gasteiger partial charge is 0.410 e. The van der Waals surface area contributed by atoms with Gasteiger partial charge in [0.05, 0.1) is 16.7 Å². The Bertz CT molecular complexity index is 1400. The molecule has 1 aliphatic heterocycles. The van der Waals surface area contributed by atoms with E-state index in [2.05, 4.69) is 43.0 Å². The van der Waals surface area contributed by atoms with Gasteiger partial charge in [-0.15, -0.1) is 0 Å². The maximum atomic E-state index is 12.3. The Morgan fingerprint density at radius 2 is 1.84 bits per heavy atom. The normalized spacial score (nSPS) is 14.8. The zero-order chi connectivity index (χ0) is 26.0. The number of pyridine rings is 1. The van der Waals surface area contributed by atoms with Crippen LogP contribution in [0.3, 0.4) is 0 Å². The molecule has 4 aromatic rings. The summed E-state index contributed by atoms with van der Waals surface area (Å²) >= 11 is 0. The number of carbonyl (C=O) groups excluding carboxylic acids is 1. The molecular weight excluding hydrogens is 466 g/mol. The molecule has 3 aromatic heterocycles. The number of hydrogen-bond donors (Lipinski definition) is 1. The van der Waals surface area contributed by atoms with Crippen LogP contribution in [-0.2, 0) is 17.7 Å². The fourth-order valence-corrected chi connectivity index (χ4v) is 4.49. The van der Waals surface area contributed by atoms with E-state index >= 15 is 0 Å². The number of aryl methyl sites for hydroxylation is 1. The molecule has 1 amide bonds. The third-order valence-corrected chi connectivity index (χ3v) is 6.29. The predicted molar refractivity (Wildman–Crippen MR) is 142 cm³/mol. The number of aromatic amines is 1. The third-order valence-electron chi connectivity index (χ3n) is 6.29. The topological polar surface area (TPSA) is 100 Å². The van der Waals surface area contributed by atoms with Gasteiger partial charge < -0.3 is 14.6 Å². The van der Waals surface area contributed by atoms with Crippen LogP contribution in [0.25, 0.3) is 22.3 Å². The van der Waals surface area contributed by atoms with E-state index < -0.39 is 5.60 Å². The molecule has 1 aliphatic rings. The summed E-state index contributed by atoms with van der Waals surface area (Å²) in [5, 5.41) is 0. The predicted octanol–water partition coefficient (Wildman–Crippen LogP) is 4.37. The molecule has 1 fully saturated rings. The number of hydrogen-bond acceptors (Lipinski definition) is 7. The van der Waals surface area contributed by atoms with Crippen LogP contribution in [0.2, 0.25) is 0 Å². The summed E-state index contributed by atoms with van der Waals surface area (Å²) in [7, 11) is 0. The first-order valence-electron chi connectivity index (χ1n) is 12.6. The Morgan fingerprint density at radius 3 is 2.59 bits per heavy atom. The summed E-state index contributed by atoms with van der Waals surface area (Å²) in [6.07, 6.45) is 3.84. The van der Waals surface area contributed by atoms with Crippen molar-refractivity contribution in [2.75, 3.05) is 26.2 Å². The molecule has 5 rings (SSSR count). The number of ether oxygens (including phenoxy) is 1. The Kier molecular flexibility index (Phi) is 6.88. The second-order valence-corrected chi connectivity index (χ2v) is 10.5. The SMILES string of the molecule is Cc1cc(-c2ccc3nc(Cc4cc(CN5CCN(C(=O)OC(C)(C)C)CC5)ccn4)[nH]c3c2)ncn1. The lowest BCUT2D eigenvalue weighted by Gasteiger charge is -2.35. The number of H-pyrrole nitrogens is 1. The first-order valence-corrected chi connectivity index (χ1v) is 12.6. The van der Waals surface area contributed by atoms with Gasteiger partial charge in [0, 0.05) is 62.3 Å². The van der Waals surface area contributed by atoms with Crippen LogP contribution in [0, 0.1) is 6.92 Å². The zero-order valence-corrected chi connectivity index (χ0v) is 21.9. The van der Waals surface area contributed by atoms with E-state index in [0.29, 0.717) is 19.5 Å². The quantitative estimate of drug-likeness (QED) is 0.435. The van der Waals surface area contributed by atoms with Gasteiger partial charge >= 0.3 is 6.09 Å². The van der Waals surface area contributed by atoms with Crippen LogP contribution >= 0.6 is 0 Å². The Morgan fingerprint density at radius 1 is 1.03 bits per heavy atom. The summed E-state index contributed by atoms with van der Waals surface area (Å²) in [6, 6.07) is 12.3. The van der Waals surface area contributed by atoms with Crippen molar-refractivity contribution in [3.05, 3.63) is 71.7 Å². The molecule has 0 atom stereocenters. The summed E-state index contributed by atoms with van der Waals surface area (Å²) in [5.41, 5.74) is 6.45. The number of benzene rings is 1. The summed E-state index contributed by atoms with van der Waals surface area (Å²) in [5.74, 6) is 0.877. The van der Waals surface area contributed by atoms with Crippen LogP contribution in [0.4, 0.5) is 4.79 Å². The fraction of sp³-hybridized carbons (Fsp3) is 0.393. The fourth-order valence-electron chi connectivity index (χ4n) is 4.49. The highest BCUT2D eigenvalue weighted by Gasteiger charge is 2.25. The average molecular weight is 500 g/mol. The highest BCUT2D eigenvalue weighted by atomic mass is 16.6. The molecule has 9 heteroatoms. The van der Waals surface area contributed by atoms with Crippen LogP contribution < -0.4 is 0 Å². The van der Waals surface area contributed by atoms with Gasteiger partial charge in [-0.3, -0.25) is 9.88 Å². The number of fused-ring (bicyclic) bond motifs is 1. The number of rotatable bonds is 5. The molecule has 1 N–H and O–H groups in total. The average Bonchev–Trinajstić information content (AvgIpc) is 3.25. The van der Waals surface area contributed by atoms with Crippen molar-refractivity contribution < 1.29 is 9.53 Å².